The Bertz CT molecular complexity index is 691. The molecule has 1 amide bonds. The molecule has 5 nitrogen and oxygen atoms in total. The number of amides is 1. The van der Waals surface area contributed by atoms with E-state index in [-0.39, 0.29) is 19.0 Å². The highest BCUT2D eigenvalue weighted by molar-refractivity contribution is 6.30. The molecule has 1 aromatic carbocycles. The molecule has 0 bridgehead atoms. The van der Waals surface area contributed by atoms with Gasteiger partial charge in [-0.05, 0) is 37.6 Å². The molecule has 1 heterocycles. The zero-order chi connectivity index (χ0) is 16.3. The molecule has 0 unspecified atom stereocenters. The Morgan fingerprint density at radius 1 is 1.23 bits per heavy atom. The average Bonchev–Trinajstić information content (AvgIpc) is 2.78. The van der Waals surface area contributed by atoms with Crippen LogP contribution < -0.4 is 0 Å². The van der Waals surface area contributed by atoms with Crippen LogP contribution in [0, 0.1) is 13.8 Å². The molecule has 0 radical (unpaired) electrons. The number of hydrogen-bond donors (Lipinski definition) is 1. The summed E-state index contributed by atoms with van der Waals surface area (Å²) in [6.45, 7) is 3.23. The number of furan rings is 1. The molecule has 1 N–H and O–H groups in total. The van der Waals surface area contributed by atoms with Crippen molar-refractivity contribution in [1.82, 2.24) is 4.90 Å². The molecule has 1 aromatic heterocycles. The lowest BCUT2D eigenvalue weighted by Crippen LogP contribution is -2.35. The molecule has 2 aromatic rings. The van der Waals surface area contributed by atoms with Gasteiger partial charge >= 0.3 is 5.97 Å². The quantitative estimate of drug-likeness (QED) is 0.917. The van der Waals surface area contributed by atoms with E-state index in [1.807, 2.05) is 0 Å². The van der Waals surface area contributed by atoms with Crippen LogP contribution in [0.3, 0.4) is 0 Å². The highest BCUT2D eigenvalue weighted by Gasteiger charge is 2.22. The van der Waals surface area contributed by atoms with Crippen LogP contribution in [0.25, 0.3) is 0 Å². The normalized spacial score (nSPS) is 10.5. The topological polar surface area (TPSA) is 70.8 Å². The molecular weight excluding hydrogens is 306 g/mol. The summed E-state index contributed by atoms with van der Waals surface area (Å²) in [5.41, 5.74) is 1.18. The lowest BCUT2D eigenvalue weighted by atomic mass is 10.1. The second-order valence-corrected chi connectivity index (χ2v) is 5.44. The van der Waals surface area contributed by atoms with E-state index < -0.39 is 5.97 Å². The highest BCUT2D eigenvalue weighted by atomic mass is 35.5. The summed E-state index contributed by atoms with van der Waals surface area (Å²) in [5.74, 6) is -0.344. The second-order valence-electron chi connectivity index (χ2n) is 5.01. The Balaban J connectivity index is 2.25. The first-order valence-electron chi connectivity index (χ1n) is 6.69. The van der Waals surface area contributed by atoms with Crippen LogP contribution >= 0.6 is 11.6 Å². The zero-order valence-electron chi connectivity index (χ0n) is 12.3. The minimum atomic E-state index is -1.07. The number of carbonyl (C=O) groups is 2. The van der Waals surface area contributed by atoms with Gasteiger partial charge in [-0.3, -0.25) is 9.59 Å². The van der Waals surface area contributed by atoms with E-state index >= 15 is 0 Å². The zero-order valence-corrected chi connectivity index (χ0v) is 13.1. The fourth-order valence-electron chi connectivity index (χ4n) is 2.19. The molecule has 0 fully saturated rings. The Labute approximate surface area is 133 Å². The van der Waals surface area contributed by atoms with E-state index in [0.29, 0.717) is 22.1 Å². The maximum absolute atomic E-state index is 12.6. The first-order valence-corrected chi connectivity index (χ1v) is 7.07. The van der Waals surface area contributed by atoms with Crippen LogP contribution in [0.2, 0.25) is 5.02 Å². The molecule has 0 aliphatic carbocycles. The Morgan fingerprint density at radius 3 is 2.36 bits per heavy atom. The van der Waals surface area contributed by atoms with Crippen molar-refractivity contribution in [2.24, 2.45) is 0 Å². The van der Waals surface area contributed by atoms with Crippen molar-refractivity contribution in [1.29, 1.82) is 0 Å². The van der Waals surface area contributed by atoms with E-state index in [9.17, 15) is 9.59 Å². The van der Waals surface area contributed by atoms with Gasteiger partial charge < -0.3 is 14.4 Å². The number of benzene rings is 1. The van der Waals surface area contributed by atoms with Gasteiger partial charge in [-0.2, -0.15) is 0 Å². The molecular formula is C16H16ClNO4. The fraction of sp³-hybridized carbons (Fsp3) is 0.250. The van der Waals surface area contributed by atoms with E-state index in [2.05, 4.69) is 0 Å². The number of carboxylic acids is 1. The summed E-state index contributed by atoms with van der Waals surface area (Å²) < 4.78 is 5.34. The van der Waals surface area contributed by atoms with Gasteiger partial charge in [0, 0.05) is 11.6 Å². The minimum Gasteiger partial charge on any atom is -0.480 e. The Kier molecular flexibility index (Phi) is 4.88. The summed E-state index contributed by atoms with van der Waals surface area (Å²) in [6, 6.07) is 8.55. The number of nitrogens with zero attached hydrogens (tertiary/aromatic N) is 1. The van der Waals surface area contributed by atoms with Gasteiger partial charge in [0.2, 0.25) is 0 Å². The third kappa shape index (κ3) is 3.89. The summed E-state index contributed by atoms with van der Waals surface area (Å²) in [6.07, 6.45) is 0. The van der Waals surface area contributed by atoms with Crippen molar-refractivity contribution in [2.45, 2.75) is 20.4 Å². The number of hydrogen-bond acceptors (Lipinski definition) is 3. The molecule has 0 saturated heterocycles. The first kappa shape index (κ1) is 16.1. The third-order valence-corrected chi connectivity index (χ3v) is 3.42. The number of halogens is 1. The van der Waals surface area contributed by atoms with E-state index in [0.717, 1.165) is 5.56 Å². The minimum absolute atomic E-state index is 0.186. The van der Waals surface area contributed by atoms with Gasteiger partial charge in [-0.15, -0.1) is 0 Å². The predicted molar refractivity (Wildman–Crippen MR) is 82.0 cm³/mol. The maximum atomic E-state index is 12.6. The molecule has 6 heteroatoms. The van der Waals surface area contributed by atoms with Crippen LogP contribution in [0.5, 0.6) is 0 Å². The van der Waals surface area contributed by atoms with Crippen LogP contribution in [-0.2, 0) is 11.3 Å². The first-order chi connectivity index (χ1) is 10.4. The number of carbonyl (C=O) groups excluding carboxylic acids is 1. The Hall–Kier alpha value is -2.27. The van der Waals surface area contributed by atoms with Gasteiger partial charge in [0.1, 0.15) is 18.1 Å². The maximum Gasteiger partial charge on any atom is 0.323 e. The second kappa shape index (κ2) is 6.66. The summed E-state index contributed by atoms with van der Waals surface area (Å²) in [5, 5.41) is 9.62. The Morgan fingerprint density at radius 2 is 1.86 bits per heavy atom. The van der Waals surface area contributed by atoms with Crippen LogP contribution in [-0.4, -0.2) is 28.4 Å². The third-order valence-electron chi connectivity index (χ3n) is 3.17. The standard InChI is InChI=1S/C16H16ClNO4/c1-10-7-14(11(2)22-10)16(21)18(9-15(19)20)8-12-3-5-13(17)6-4-12/h3-7H,8-9H2,1-2H3,(H,19,20). The van der Waals surface area contributed by atoms with Gasteiger partial charge in [0.15, 0.2) is 0 Å². The summed E-state index contributed by atoms with van der Waals surface area (Å²) in [4.78, 5) is 24.9. The van der Waals surface area contributed by atoms with Gasteiger partial charge in [0.05, 0.1) is 5.56 Å². The number of carboxylic acid groups (broad SMARTS) is 1. The largest absolute Gasteiger partial charge is 0.480 e. The monoisotopic (exact) mass is 321 g/mol. The molecule has 2 rings (SSSR count). The summed E-state index contributed by atoms with van der Waals surface area (Å²) in [7, 11) is 0. The molecule has 22 heavy (non-hydrogen) atoms. The van der Waals surface area contributed by atoms with Crippen LogP contribution in [0.15, 0.2) is 34.7 Å². The van der Waals surface area contributed by atoms with Gasteiger partial charge in [-0.25, -0.2) is 0 Å². The van der Waals surface area contributed by atoms with Crippen molar-refractivity contribution >= 4 is 23.5 Å². The van der Waals surface area contributed by atoms with Crippen molar-refractivity contribution in [2.75, 3.05) is 6.54 Å². The molecule has 0 saturated carbocycles. The molecule has 0 aliphatic heterocycles. The SMILES string of the molecule is Cc1cc(C(=O)N(CC(=O)O)Cc2ccc(Cl)cc2)c(C)o1. The van der Waals surface area contributed by atoms with Crippen molar-refractivity contribution in [3.63, 3.8) is 0 Å². The van der Waals surface area contributed by atoms with E-state index in [1.54, 1.807) is 44.2 Å². The molecule has 0 atom stereocenters. The predicted octanol–water partition coefficient (Wildman–Crippen LogP) is 3.28. The fourth-order valence-corrected chi connectivity index (χ4v) is 2.31. The van der Waals surface area contributed by atoms with Gasteiger partial charge in [-0.1, -0.05) is 23.7 Å². The lowest BCUT2D eigenvalue weighted by molar-refractivity contribution is -0.137. The van der Waals surface area contributed by atoms with E-state index in [1.165, 1.54) is 4.90 Å². The number of aliphatic carboxylic acids is 1. The number of aryl methyl sites for hydroxylation is 2. The van der Waals surface area contributed by atoms with Crippen molar-refractivity contribution in [3.05, 3.63) is 58.0 Å². The number of rotatable bonds is 5. The smallest absolute Gasteiger partial charge is 0.323 e. The van der Waals surface area contributed by atoms with Crippen LogP contribution in [0.1, 0.15) is 27.4 Å². The van der Waals surface area contributed by atoms with Crippen LogP contribution in [0.4, 0.5) is 0 Å². The molecule has 0 aliphatic rings. The van der Waals surface area contributed by atoms with Gasteiger partial charge in [0.25, 0.3) is 5.91 Å². The van der Waals surface area contributed by atoms with Crippen molar-refractivity contribution in [3.8, 4) is 0 Å². The summed E-state index contributed by atoms with van der Waals surface area (Å²) >= 11 is 5.83. The molecule has 116 valence electrons. The van der Waals surface area contributed by atoms with Crippen molar-refractivity contribution < 1.29 is 19.1 Å². The lowest BCUT2D eigenvalue weighted by Gasteiger charge is -2.20. The molecule has 0 spiro atoms. The highest BCUT2D eigenvalue weighted by Crippen LogP contribution is 2.18. The average molecular weight is 322 g/mol. The van der Waals surface area contributed by atoms with E-state index in [4.69, 9.17) is 21.1 Å².